The summed E-state index contributed by atoms with van der Waals surface area (Å²) < 4.78 is 43.9. The molecule has 0 fully saturated rings. The lowest BCUT2D eigenvalue weighted by atomic mass is 9.90. The lowest BCUT2D eigenvalue weighted by molar-refractivity contribution is -0.170. The average molecular weight is 377 g/mol. The molecule has 0 aromatic heterocycles. The van der Waals surface area contributed by atoms with Crippen molar-refractivity contribution in [2.75, 3.05) is 0 Å². The lowest BCUT2D eigenvalue weighted by Crippen LogP contribution is -2.41. The smallest absolute Gasteiger partial charge is 0.303 e. The van der Waals surface area contributed by atoms with Crippen LogP contribution in [-0.4, -0.2) is 27.4 Å². The van der Waals surface area contributed by atoms with E-state index in [0.29, 0.717) is 0 Å². The van der Waals surface area contributed by atoms with E-state index in [2.05, 4.69) is 0 Å². The molecular weight excluding hydrogens is 359 g/mol. The molecular formula is C20H18F3NO3. The second kappa shape index (κ2) is 6.20. The monoisotopic (exact) mass is 377 g/mol. The molecule has 27 heavy (non-hydrogen) atoms. The number of halogens is 3. The highest BCUT2D eigenvalue weighted by Gasteiger charge is 2.49. The number of carbonyl (C=O) groups excluding carboxylic acids is 2. The van der Waals surface area contributed by atoms with Gasteiger partial charge in [0.15, 0.2) is 0 Å². The van der Waals surface area contributed by atoms with E-state index >= 15 is 0 Å². The number of benzene rings is 2. The van der Waals surface area contributed by atoms with Crippen molar-refractivity contribution >= 4 is 11.8 Å². The van der Waals surface area contributed by atoms with Gasteiger partial charge in [-0.05, 0) is 39.0 Å². The zero-order chi connectivity index (χ0) is 20.1. The normalized spacial score (nSPS) is 15.9. The van der Waals surface area contributed by atoms with Gasteiger partial charge in [-0.15, -0.1) is 0 Å². The summed E-state index contributed by atoms with van der Waals surface area (Å²) in [5, 5.41) is 9.73. The number of nitrogens with zero attached hydrogens (tertiary/aromatic N) is 1. The molecule has 1 aliphatic heterocycles. The Kier molecular flexibility index (Phi) is 4.38. The summed E-state index contributed by atoms with van der Waals surface area (Å²) in [6.45, 7) is 3.16. The second-order valence-electron chi connectivity index (χ2n) is 7.04. The Bertz CT molecular complexity index is 899. The Morgan fingerprint density at radius 3 is 1.96 bits per heavy atom. The van der Waals surface area contributed by atoms with Crippen LogP contribution in [0.15, 0.2) is 42.5 Å². The molecule has 1 N–H and O–H groups in total. The molecule has 1 heterocycles. The van der Waals surface area contributed by atoms with Crippen LogP contribution in [0.5, 0.6) is 0 Å². The van der Waals surface area contributed by atoms with Crippen molar-refractivity contribution in [3.05, 3.63) is 70.5 Å². The van der Waals surface area contributed by atoms with Crippen molar-refractivity contribution < 1.29 is 27.9 Å². The third-order valence-corrected chi connectivity index (χ3v) is 4.80. The van der Waals surface area contributed by atoms with Gasteiger partial charge in [0.25, 0.3) is 11.8 Å². The summed E-state index contributed by atoms with van der Waals surface area (Å²) >= 11 is 0. The number of alkyl halides is 2. The molecule has 0 spiro atoms. The summed E-state index contributed by atoms with van der Waals surface area (Å²) in [4.78, 5) is 26.0. The second-order valence-corrected chi connectivity index (χ2v) is 7.04. The van der Waals surface area contributed by atoms with Gasteiger partial charge in [0.2, 0.25) is 0 Å². The Balaban J connectivity index is 2.05. The molecule has 4 nitrogen and oxygen atoms in total. The van der Waals surface area contributed by atoms with Gasteiger partial charge in [-0.3, -0.25) is 14.5 Å². The van der Waals surface area contributed by atoms with Crippen LogP contribution in [0, 0.1) is 5.82 Å². The van der Waals surface area contributed by atoms with E-state index < -0.39 is 40.8 Å². The third-order valence-electron chi connectivity index (χ3n) is 4.80. The van der Waals surface area contributed by atoms with Crippen molar-refractivity contribution in [1.29, 1.82) is 0 Å². The van der Waals surface area contributed by atoms with Crippen LogP contribution in [0.3, 0.4) is 0 Å². The van der Waals surface area contributed by atoms with Crippen LogP contribution in [0.1, 0.15) is 58.7 Å². The molecule has 2 aromatic rings. The highest BCUT2D eigenvalue weighted by molar-refractivity contribution is 6.21. The van der Waals surface area contributed by atoms with Crippen LogP contribution in [0.2, 0.25) is 0 Å². The van der Waals surface area contributed by atoms with E-state index in [9.17, 15) is 27.9 Å². The minimum atomic E-state index is -3.87. The number of imide groups is 1. The predicted octanol–water partition coefficient (Wildman–Crippen LogP) is 4.05. The summed E-state index contributed by atoms with van der Waals surface area (Å²) in [6, 6.07) is 8.40. The van der Waals surface area contributed by atoms with Gasteiger partial charge in [0.1, 0.15) is 11.4 Å². The molecule has 0 radical (unpaired) electrons. The highest BCUT2D eigenvalue weighted by atomic mass is 19.3. The Morgan fingerprint density at radius 2 is 1.48 bits per heavy atom. The third kappa shape index (κ3) is 2.82. The summed E-state index contributed by atoms with van der Waals surface area (Å²) in [5.74, 6) is -6.34. The van der Waals surface area contributed by atoms with E-state index in [1.54, 1.807) is 12.1 Å². The number of amides is 2. The van der Waals surface area contributed by atoms with Gasteiger partial charge in [0.05, 0.1) is 22.7 Å². The quantitative estimate of drug-likeness (QED) is 0.818. The first-order valence-corrected chi connectivity index (χ1v) is 8.34. The van der Waals surface area contributed by atoms with Crippen molar-refractivity contribution in [2.45, 2.75) is 38.3 Å². The SMILES string of the molecule is C[C@H](c1cccc(C(F)(F)C(C)(C)O)c1F)N1C(=O)c2ccccc2C1=O. The van der Waals surface area contributed by atoms with Crippen LogP contribution in [-0.2, 0) is 5.92 Å². The van der Waals surface area contributed by atoms with E-state index in [4.69, 9.17) is 0 Å². The van der Waals surface area contributed by atoms with Crippen molar-refractivity contribution in [3.8, 4) is 0 Å². The topological polar surface area (TPSA) is 57.6 Å². The molecule has 1 atom stereocenters. The van der Waals surface area contributed by atoms with Crippen LogP contribution >= 0.6 is 0 Å². The average Bonchev–Trinajstić information content (AvgIpc) is 2.85. The van der Waals surface area contributed by atoms with Gasteiger partial charge in [-0.25, -0.2) is 4.39 Å². The van der Waals surface area contributed by atoms with Gasteiger partial charge < -0.3 is 5.11 Å². The number of rotatable bonds is 4. The molecule has 1 aliphatic rings. The maximum Gasteiger partial charge on any atom is 0.303 e. The maximum atomic E-state index is 14.9. The van der Waals surface area contributed by atoms with Crippen LogP contribution < -0.4 is 0 Å². The zero-order valence-corrected chi connectivity index (χ0v) is 15.0. The summed E-state index contributed by atoms with van der Waals surface area (Å²) in [6.07, 6.45) is 0. The first-order valence-electron chi connectivity index (χ1n) is 8.34. The van der Waals surface area contributed by atoms with Gasteiger partial charge >= 0.3 is 5.92 Å². The van der Waals surface area contributed by atoms with E-state index in [1.165, 1.54) is 31.2 Å². The summed E-state index contributed by atoms with van der Waals surface area (Å²) in [7, 11) is 0. The standard InChI is InChI=1S/C20H18F3NO3/c1-11(24-17(25)13-7-4-5-8-14(13)18(24)26)12-9-6-10-15(16(12)21)20(22,23)19(2,3)27/h4-11,27H,1-3H3/t11-/m1/s1. The maximum absolute atomic E-state index is 14.9. The molecule has 7 heteroatoms. The van der Waals surface area contributed by atoms with Crippen molar-refractivity contribution in [2.24, 2.45) is 0 Å². The van der Waals surface area contributed by atoms with Gasteiger partial charge in [0, 0.05) is 5.56 Å². The molecule has 0 saturated heterocycles. The molecule has 2 amide bonds. The molecule has 0 saturated carbocycles. The number of hydrogen-bond acceptors (Lipinski definition) is 3. The van der Waals surface area contributed by atoms with Gasteiger partial charge in [-0.1, -0.05) is 24.3 Å². The van der Waals surface area contributed by atoms with E-state index in [0.717, 1.165) is 24.8 Å². The highest BCUT2D eigenvalue weighted by Crippen LogP contribution is 2.42. The fourth-order valence-corrected chi connectivity index (χ4v) is 3.14. The fraction of sp³-hybridized carbons (Fsp3) is 0.300. The largest absolute Gasteiger partial charge is 0.384 e. The Morgan fingerprint density at radius 1 is 0.963 bits per heavy atom. The molecule has 142 valence electrons. The Labute approximate surface area is 154 Å². The minimum absolute atomic E-state index is 0.188. The van der Waals surface area contributed by atoms with Crippen LogP contribution in [0.4, 0.5) is 13.2 Å². The molecule has 2 aromatic carbocycles. The van der Waals surface area contributed by atoms with E-state index in [1.807, 2.05) is 0 Å². The number of fused-ring (bicyclic) bond motifs is 1. The fourth-order valence-electron chi connectivity index (χ4n) is 3.14. The van der Waals surface area contributed by atoms with Crippen molar-refractivity contribution in [1.82, 2.24) is 4.90 Å². The van der Waals surface area contributed by atoms with Crippen LogP contribution in [0.25, 0.3) is 0 Å². The number of aliphatic hydroxyl groups is 1. The number of carbonyl (C=O) groups is 2. The molecule has 0 unspecified atom stereocenters. The Hall–Kier alpha value is -2.67. The van der Waals surface area contributed by atoms with E-state index in [-0.39, 0.29) is 16.7 Å². The first kappa shape index (κ1) is 19.1. The molecule has 3 rings (SSSR count). The van der Waals surface area contributed by atoms with Crippen molar-refractivity contribution in [3.63, 3.8) is 0 Å². The first-order chi connectivity index (χ1) is 12.5. The number of hydrogen-bond donors (Lipinski definition) is 1. The molecule has 0 bridgehead atoms. The minimum Gasteiger partial charge on any atom is -0.384 e. The van der Waals surface area contributed by atoms with Gasteiger partial charge in [-0.2, -0.15) is 8.78 Å². The summed E-state index contributed by atoms with van der Waals surface area (Å²) in [5.41, 5.74) is -3.34. The zero-order valence-electron chi connectivity index (χ0n) is 15.0. The lowest BCUT2D eigenvalue weighted by Gasteiger charge is -2.31. The molecule has 0 aliphatic carbocycles. The predicted molar refractivity (Wildman–Crippen MR) is 91.9 cm³/mol.